The van der Waals surface area contributed by atoms with Gasteiger partial charge in [-0.3, -0.25) is 9.89 Å². The van der Waals surface area contributed by atoms with Crippen molar-refractivity contribution in [3.05, 3.63) is 17.5 Å². The summed E-state index contributed by atoms with van der Waals surface area (Å²) < 4.78 is 5.36. The summed E-state index contributed by atoms with van der Waals surface area (Å²) in [5, 5.41) is 10.3. The SMILES string of the molecule is Cl.NCC1(C(=O)NC2CCCc3cn[nH]c32)CCOCC1. The van der Waals surface area contributed by atoms with Crippen LogP contribution in [0.15, 0.2) is 6.20 Å². The van der Waals surface area contributed by atoms with Crippen LogP contribution in [0, 0.1) is 5.41 Å². The maximum atomic E-state index is 12.7. The topological polar surface area (TPSA) is 93.0 Å². The first kappa shape index (κ1) is 16.3. The molecule has 6 nitrogen and oxygen atoms in total. The number of aromatic amines is 1. The number of fused-ring (bicyclic) bond motifs is 1. The van der Waals surface area contributed by atoms with Gasteiger partial charge in [-0.1, -0.05) is 0 Å². The van der Waals surface area contributed by atoms with E-state index >= 15 is 0 Å². The fraction of sp³-hybridized carbons (Fsp3) is 0.714. The number of nitrogens with zero attached hydrogens (tertiary/aromatic N) is 1. The highest BCUT2D eigenvalue weighted by molar-refractivity contribution is 5.85. The predicted molar refractivity (Wildman–Crippen MR) is 81.2 cm³/mol. The number of carbonyl (C=O) groups excluding carboxylic acids is 1. The molecule has 1 unspecified atom stereocenters. The van der Waals surface area contributed by atoms with Crippen LogP contribution < -0.4 is 11.1 Å². The Balaban J connectivity index is 0.00000161. The van der Waals surface area contributed by atoms with Crippen LogP contribution in [-0.4, -0.2) is 35.9 Å². The molecule has 1 atom stereocenters. The van der Waals surface area contributed by atoms with Crippen molar-refractivity contribution in [2.75, 3.05) is 19.8 Å². The maximum absolute atomic E-state index is 12.7. The van der Waals surface area contributed by atoms with Crippen molar-refractivity contribution in [2.24, 2.45) is 11.1 Å². The Bertz CT molecular complexity index is 485. The third-order valence-electron chi connectivity index (χ3n) is 4.67. The van der Waals surface area contributed by atoms with Crippen molar-refractivity contribution in [3.63, 3.8) is 0 Å². The molecule has 1 aromatic heterocycles. The van der Waals surface area contributed by atoms with Gasteiger partial charge >= 0.3 is 0 Å². The molecule has 0 bridgehead atoms. The van der Waals surface area contributed by atoms with E-state index in [0.717, 1.165) is 25.0 Å². The predicted octanol–water partition coefficient (Wildman–Crippen LogP) is 1.08. The van der Waals surface area contributed by atoms with Crippen LogP contribution in [-0.2, 0) is 16.0 Å². The van der Waals surface area contributed by atoms with E-state index in [4.69, 9.17) is 10.5 Å². The summed E-state index contributed by atoms with van der Waals surface area (Å²) in [5.41, 5.74) is 7.70. The molecular weight excluding hydrogens is 292 g/mol. The van der Waals surface area contributed by atoms with E-state index in [0.29, 0.717) is 32.6 Å². The molecule has 2 aliphatic rings. The van der Waals surface area contributed by atoms with Gasteiger partial charge in [-0.05, 0) is 37.7 Å². The number of carbonyl (C=O) groups is 1. The minimum absolute atomic E-state index is 0. The molecular formula is C14H23ClN4O2. The molecule has 0 spiro atoms. The van der Waals surface area contributed by atoms with Crippen LogP contribution in [0.5, 0.6) is 0 Å². The van der Waals surface area contributed by atoms with Gasteiger partial charge in [0.2, 0.25) is 5.91 Å². The van der Waals surface area contributed by atoms with Gasteiger partial charge in [-0.25, -0.2) is 0 Å². The maximum Gasteiger partial charge on any atom is 0.228 e. The molecule has 1 aliphatic heterocycles. The Morgan fingerprint density at radius 1 is 1.52 bits per heavy atom. The molecule has 21 heavy (non-hydrogen) atoms. The molecule has 1 saturated heterocycles. The van der Waals surface area contributed by atoms with Gasteiger partial charge in [-0.2, -0.15) is 5.10 Å². The van der Waals surface area contributed by atoms with E-state index in [1.807, 2.05) is 6.20 Å². The third kappa shape index (κ3) is 3.07. The second-order valence-corrected chi connectivity index (χ2v) is 5.82. The minimum atomic E-state index is -0.462. The molecule has 0 saturated carbocycles. The van der Waals surface area contributed by atoms with Crippen molar-refractivity contribution in [2.45, 2.75) is 38.1 Å². The summed E-state index contributed by atoms with van der Waals surface area (Å²) in [7, 11) is 0. The number of rotatable bonds is 3. The van der Waals surface area contributed by atoms with Gasteiger partial charge in [0.25, 0.3) is 0 Å². The fourth-order valence-electron chi connectivity index (χ4n) is 3.20. The Morgan fingerprint density at radius 2 is 2.29 bits per heavy atom. The second kappa shape index (κ2) is 6.77. The van der Waals surface area contributed by atoms with Gasteiger partial charge < -0.3 is 15.8 Å². The van der Waals surface area contributed by atoms with E-state index in [9.17, 15) is 4.79 Å². The first-order valence-corrected chi connectivity index (χ1v) is 7.36. The van der Waals surface area contributed by atoms with E-state index < -0.39 is 5.41 Å². The minimum Gasteiger partial charge on any atom is -0.381 e. The number of nitrogens with one attached hydrogen (secondary N) is 2. The van der Waals surface area contributed by atoms with Gasteiger partial charge in [0.05, 0.1) is 23.3 Å². The molecule has 1 aliphatic carbocycles. The van der Waals surface area contributed by atoms with Gasteiger partial charge in [0, 0.05) is 19.8 Å². The highest BCUT2D eigenvalue weighted by Crippen LogP contribution is 2.33. The lowest BCUT2D eigenvalue weighted by Gasteiger charge is -2.36. The Kier molecular flexibility index (Phi) is 5.24. The summed E-state index contributed by atoms with van der Waals surface area (Å²) >= 11 is 0. The first-order valence-electron chi connectivity index (χ1n) is 7.36. The Labute approximate surface area is 130 Å². The lowest BCUT2D eigenvalue weighted by atomic mass is 9.79. The van der Waals surface area contributed by atoms with Crippen LogP contribution in [0.2, 0.25) is 0 Å². The van der Waals surface area contributed by atoms with Gasteiger partial charge in [0.1, 0.15) is 0 Å². The number of aryl methyl sites for hydroxylation is 1. The zero-order valence-corrected chi connectivity index (χ0v) is 12.9. The fourth-order valence-corrected chi connectivity index (χ4v) is 3.20. The number of H-pyrrole nitrogens is 1. The van der Waals surface area contributed by atoms with Crippen molar-refractivity contribution in [3.8, 4) is 0 Å². The molecule has 4 N–H and O–H groups in total. The summed E-state index contributed by atoms with van der Waals surface area (Å²) in [6.07, 6.45) is 6.35. The van der Waals surface area contributed by atoms with E-state index in [-0.39, 0.29) is 24.4 Å². The summed E-state index contributed by atoms with van der Waals surface area (Å²) in [6.45, 7) is 1.61. The highest BCUT2D eigenvalue weighted by atomic mass is 35.5. The van der Waals surface area contributed by atoms with E-state index in [1.165, 1.54) is 5.56 Å². The summed E-state index contributed by atoms with van der Waals surface area (Å²) in [6, 6.07) is 0.0417. The summed E-state index contributed by atoms with van der Waals surface area (Å²) in [4.78, 5) is 12.7. The lowest BCUT2D eigenvalue weighted by molar-refractivity contribution is -0.136. The van der Waals surface area contributed by atoms with Crippen molar-refractivity contribution < 1.29 is 9.53 Å². The molecule has 1 aromatic rings. The average Bonchev–Trinajstić information content (AvgIpc) is 2.97. The van der Waals surface area contributed by atoms with Crippen LogP contribution in [0.4, 0.5) is 0 Å². The van der Waals surface area contributed by atoms with E-state index in [1.54, 1.807) is 0 Å². The zero-order valence-electron chi connectivity index (χ0n) is 12.1. The lowest BCUT2D eigenvalue weighted by Crippen LogP contribution is -2.50. The molecule has 0 radical (unpaired) electrons. The standard InChI is InChI=1S/C14H22N4O2.ClH/c15-9-14(4-6-20-7-5-14)13(19)17-11-3-1-2-10-8-16-18-12(10)11;/h8,11H,1-7,9,15H2,(H,16,18)(H,17,19);1H. The Hall–Kier alpha value is -1.11. The average molecular weight is 315 g/mol. The highest BCUT2D eigenvalue weighted by Gasteiger charge is 2.40. The quantitative estimate of drug-likeness (QED) is 0.778. The smallest absolute Gasteiger partial charge is 0.228 e. The summed E-state index contributed by atoms with van der Waals surface area (Å²) in [5.74, 6) is 0.0655. The number of aromatic nitrogens is 2. The van der Waals surface area contributed by atoms with Crippen LogP contribution in [0.3, 0.4) is 0 Å². The number of halogens is 1. The number of ether oxygens (including phenoxy) is 1. The molecule has 3 rings (SSSR count). The molecule has 118 valence electrons. The Morgan fingerprint density at radius 3 is 3.00 bits per heavy atom. The number of hydrogen-bond donors (Lipinski definition) is 3. The zero-order chi connectivity index (χ0) is 14.0. The first-order chi connectivity index (χ1) is 9.75. The molecule has 1 amide bonds. The monoisotopic (exact) mass is 314 g/mol. The normalized spacial score (nSPS) is 23.8. The molecule has 1 fully saturated rings. The largest absolute Gasteiger partial charge is 0.381 e. The number of hydrogen-bond acceptors (Lipinski definition) is 4. The van der Waals surface area contributed by atoms with Crippen LogP contribution in [0.1, 0.15) is 43.0 Å². The van der Waals surface area contributed by atoms with Gasteiger partial charge in [0.15, 0.2) is 0 Å². The van der Waals surface area contributed by atoms with Gasteiger partial charge in [-0.15, -0.1) is 12.4 Å². The number of nitrogens with two attached hydrogens (primary N) is 1. The molecule has 7 heteroatoms. The molecule has 2 heterocycles. The van der Waals surface area contributed by atoms with Crippen molar-refractivity contribution in [1.82, 2.24) is 15.5 Å². The van der Waals surface area contributed by atoms with E-state index in [2.05, 4.69) is 15.5 Å². The van der Waals surface area contributed by atoms with Crippen LogP contribution >= 0.6 is 12.4 Å². The van der Waals surface area contributed by atoms with Crippen LogP contribution in [0.25, 0.3) is 0 Å². The van der Waals surface area contributed by atoms with Crippen molar-refractivity contribution >= 4 is 18.3 Å². The van der Waals surface area contributed by atoms with Crippen molar-refractivity contribution in [1.29, 1.82) is 0 Å². The number of amides is 1. The molecule has 0 aromatic carbocycles. The second-order valence-electron chi connectivity index (χ2n) is 5.82. The third-order valence-corrected chi connectivity index (χ3v) is 4.67.